The maximum Gasteiger partial charge on any atom is 0.279 e. The maximum atomic E-state index is 13.3. The Balaban J connectivity index is 1.49. The molecule has 162 valence electrons. The molecule has 1 unspecified atom stereocenters. The average Bonchev–Trinajstić information content (AvgIpc) is 3.55. The van der Waals surface area contributed by atoms with E-state index < -0.39 is 0 Å². The van der Waals surface area contributed by atoms with Crippen molar-refractivity contribution < 1.29 is 4.79 Å². The molecule has 1 fully saturated rings. The first-order valence-corrected chi connectivity index (χ1v) is 11.7. The predicted octanol–water partition coefficient (Wildman–Crippen LogP) is 4.01. The minimum Gasteiger partial charge on any atom is -0.349 e. The van der Waals surface area contributed by atoms with Crippen LogP contribution in [0.2, 0.25) is 0 Å². The van der Waals surface area contributed by atoms with Gasteiger partial charge in [-0.15, -0.1) is 11.3 Å². The van der Waals surface area contributed by atoms with E-state index in [2.05, 4.69) is 32.8 Å². The monoisotopic (exact) mass is 444 g/mol. The van der Waals surface area contributed by atoms with E-state index in [0.29, 0.717) is 23.0 Å². The van der Waals surface area contributed by atoms with Gasteiger partial charge in [0, 0.05) is 16.8 Å². The lowest BCUT2D eigenvalue weighted by Crippen LogP contribution is -2.37. The molecule has 1 aliphatic rings. The molecule has 32 heavy (non-hydrogen) atoms. The first-order valence-electron chi connectivity index (χ1n) is 10.9. The van der Waals surface area contributed by atoms with Gasteiger partial charge in [0.05, 0.1) is 17.1 Å². The van der Waals surface area contributed by atoms with Gasteiger partial charge in [0.2, 0.25) is 0 Å². The Hall–Kier alpha value is -3.29. The number of carbonyl (C=O) groups is 1. The molecular weight excluding hydrogens is 420 g/mol. The summed E-state index contributed by atoms with van der Waals surface area (Å²) in [5.41, 5.74) is 0.651. The van der Waals surface area contributed by atoms with Crippen LogP contribution in [0.15, 0.2) is 76.9 Å². The minimum absolute atomic E-state index is 0.146. The number of thiophene rings is 1. The zero-order valence-corrected chi connectivity index (χ0v) is 18.4. The van der Waals surface area contributed by atoms with Crippen LogP contribution >= 0.6 is 11.3 Å². The van der Waals surface area contributed by atoms with Gasteiger partial charge >= 0.3 is 0 Å². The average molecular weight is 445 g/mol. The SMILES string of the molecule is O=C(NCC(c1cccs1)N1CCCC1)c1nn(-c2ccccc2)c(=O)c2ccccc12. The van der Waals surface area contributed by atoms with Crippen molar-refractivity contribution in [2.45, 2.75) is 18.9 Å². The summed E-state index contributed by atoms with van der Waals surface area (Å²) >= 11 is 1.72. The molecule has 0 aliphatic carbocycles. The summed E-state index contributed by atoms with van der Waals surface area (Å²) in [7, 11) is 0. The number of nitrogens with one attached hydrogen (secondary N) is 1. The van der Waals surface area contributed by atoms with E-state index in [1.165, 1.54) is 22.4 Å². The fourth-order valence-electron chi connectivity index (χ4n) is 4.32. The molecule has 6 nitrogen and oxygen atoms in total. The molecule has 1 N–H and O–H groups in total. The highest BCUT2D eigenvalue weighted by Gasteiger charge is 2.26. The number of aromatic nitrogens is 2. The molecule has 0 radical (unpaired) electrons. The normalized spacial score (nSPS) is 15.1. The van der Waals surface area contributed by atoms with E-state index in [0.717, 1.165) is 13.1 Å². The van der Waals surface area contributed by atoms with Gasteiger partial charge in [0.1, 0.15) is 0 Å². The maximum absolute atomic E-state index is 13.3. The van der Waals surface area contributed by atoms with Crippen molar-refractivity contribution in [3.63, 3.8) is 0 Å². The number of fused-ring (bicyclic) bond motifs is 1. The molecule has 0 spiro atoms. The standard InChI is InChI=1S/C25H24N4O2S/c30-24(26-17-21(22-13-8-16-32-22)28-14-6-7-15-28)23-19-11-4-5-12-20(19)25(31)29(27-23)18-9-2-1-3-10-18/h1-5,8-13,16,21H,6-7,14-15,17H2,(H,26,30). The highest BCUT2D eigenvalue weighted by molar-refractivity contribution is 7.10. The number of hydrogen-bond acceptors (Lipinski definition) is 5. The molecule has 0 saturated carbocycles. The first-order chi connectivity index (χ1) is 15.7. The van der Waals surface area contributed by atoms with Crippen LogP contribution in [0.1, 0.15) is 34.2 Å². The van der Waals surface area contributed by atoms with Crippen molar-refractivity contribution in [1.82, 2.24) is 20.0 Å². The number of rotatable bonds is 6. The number of amides is 1. The Morgan fingerprint density at radius 2 is 1.69 bits per heavy atom. The lowest BCUT2D eigenvalue weighted by molar-refractivity contribution is 0.0933. The second kappa shape index (κ2) is 9.06. The lowest BCUT2D eigenvalue weighted by Gasteiger charge is -2.27. The molecule has 1 atom stereocenters. The highest BCUT2D eigenvalue weighted by Crippen LogP contribution is 2.28. The van der Waals surface area contributed by atoms with Crippen LogP contribution in [-0.2, 0) is 0 Å². The van der Waals surface area contributed by atoms with Crippen LogP contribution in [0.25, 0.3) is 16.5 Å². The van der Waals surface area contributed by atoms with E-state index in [1.54, 1.807) is 29.5 Å². The van der Waals surface area contributed by atoms with Crippen LogP contribution in [0.5, 0.6) is 0 Å². The predicted molar refractivity (Wildman–Crippen MR) is 128 cm³/mol. The number of carbonyl (C=O) groups excluding carboxylic acids is 1. The second-order valence-electron chi connectivity index (χ2n) is 7.93. The number of nitrogens with zero attached hydrogens (tertiary/aromatic N) is 3. The fraction of sp³-hybridized carbons (Fsp3) is 0.240. The molecule has 1 saturated heterocycles. The lowest BCUT2D eigenvalue weighted by atomic mass is 10.1. The van der Waals surface area contributed by atoms with Gasteiger partial charge in [-0.2, -0.15) is 9.78 Å². The van der Waals surface area contributed by atoms with Gasteiger partial charge in [-0.1, -0.05) is 42.5 Å². The molecule has 5 rings (SSSR count). The molecule has 3 heterocycles. The van der Waals surface area contributed by atoms with Crippen molar-refractivity contribution in [3.8, 4) is 5.69 Å². The fourth-order valence-corrected chi connectivity index (χ4v) is 5.18. The number of likely N-dealkylation sites (tertiary alicyclic amines) is 1. The van der Waals surface area contributed by atoms with E-state index in [-0.39, 0.29) is 23.2 Å². The van der Waals surface area contributed by atoms with E-state index >= 15 is 0 Å². The topological polar surface area (TPSA) is 67.2 Å². The summed E-state index contributed by atoms with van der Waals surface area (Å²) < 4.78 is 1.31. The molecule has 2 aromatic carbocycles. The largest absolute Gasteiger partial charge is 0.349 e. The zero-order chi connectivity index (χ0) is 21.9. The Labute approximate surface area is 190 Å². The smallest absolute Gasteiger partial charge is 0.279 e. The molecule has 1 aliphatic heterocycles. The van der Waals surface area contributed by atoms with Crippen LogP contribution in [0.4, 0.5) is 0 Å². The highest BCUT2D eigenvalue weighted by atomic mass is 32.1. The van der Waals surface area contributed by atoms with Gasteiger partial charge in [-0.3, -0.25) is 14.5 Å². The van der Waals surface area contributed by atoms with E-state index in [9.17, 15) is 9.59 Å². The van der Waals surface area contributed by atoms with Gasteiger partial charge in [0.25, 0.3) is 11.5 Å². The molecule has 1 amide bonds. The number of hydrogen-bond donors (Lipinski definition) is 1. The van der Waals surface area contributed by atoms with Crippen molar-refractivity contribution in [3.05, 3.63) is 93.0 Å². The molecule has 7 heteroatoms. The third-order valence-electron chi connectivity index (χ3n) is 5.93. The Kier molecular flexibility index (Phi) is 5.83. The van der Waals surface area contributed by atoms with Crippen molar-refractivity contribution in [2.75, 3.05) is 19.6 Å². The van der Waals surface area contributed by atoms with Crippen LogP contribution in [-0.4, -0.2) is 40.2 Å². The summed E-state index contributed by atoms with van der Waals surface area (Å²) in [6.07, 6.45) is 2.37. The van der Waals surface area contributed by atoms with Crippen molar-refractivity contribution in [1.29, 1.82) is 0 Å². The van der Waals surface area contributed by atoms with E-state index in [4.69, 9.17) is 0 Å². The van der Waals surface area contributed by atoms with Gasteiger partial charge < -0.3 is 5.32 Å². The van der Waals surface area contributed by atoms with Crippen LogP contribution < -0.4 is 10.9 Å². The van der Waals surface area contributed by atoms with Gasteiger partial charge in [0.15, 0.2) is 5.69 Å². The minimum atomic E-state index is -0.272. The summed E-state index contributed by atoms with van der Waals surface area (Å²) in [4.78, 5) is 30.1. The Morgan fingerprint density at radius 3 is 2.41 bits per heavy atom. The van der Waals surface area contributed by atoms with Crippen LogP contribution in [0, 0.1) is 0 Å². The van der Waals surface area contributed by atoms with Crippen molar-refractivity contribution in [2.24, 2.45) is 0 Å². The molecule has 2 aromatic heterocycles. The zero-order valence-electron chi connectivity index (χ0n) is 17.6. The van der Waals surface area contributed by atoms with E-state index in [1.807, 2.05) is 36.4 Å². The van der Waals surface area contributed by atoms with Gasteiger partial charge in [-0.05, 0) is 55.6 Å². The number of para-hydroxylation sites is 1. The summed E-state index contributed by atoms with van der Waals surface area (Å²) in [5, 5.41) is 10.7. The van der Waals surface area contributed by atoms with Crippen molar-refractivity contribution >= 4 is 28.0 Å². The summed E-state index contributed by atoms with van der Waals surface area (Å²) in [6, 6.07) is 20.7. The Bertz CT molecular complexity index is 1280. The second-order valence-corrected chi connectivity index (χ2v) is 8.91. The summed E-state index contributed by atoms with van der Waals surface area (Å²) in [6.45, 7) is 2.58. The molecule has 4 aromatic rings. The molecule has 0 bridgehead atoms. The van der Waals surface area contributed by atoms with Crippen LogP contribution in [0.3, 0.4) is 0 Å². The molecular formula is C25H24N4O2S. The van der Waals surface area contributed by atoms with Gasteiger partial charge in [-0.25, -0.2) is 0 Å². The first kappa shape index (κ1) is 20.6. The quantitative estimate of drug-likeness (QED) is 0.488. The third kappa shape index (κ3) is 3.97. The summed E-state index contributed by atoms with van der Waals surface area (Å²) in [5.74, 6) is -0.272. The number of benzene rings is 2. The Morgan fingerprint density at radius 1 is 0.969 bits per heavy atom. The third-order valence-corrected chi connectivity index (χ3v) is 6.90.